The highest BCUT2D eigenvalue weighted by molar-refractivity contribution is 7.09. The van der Waals surface area contributed by atoms with E-state index in [2.05, 4.69) is 21.8 Å². The molecule has 1 spiro atoms. The molecule has 6 nitrogen and oxygen atoms in total. The van der Waals surface area contributed by atoms with Crippen molar-refractivity contribution in [3.8, 4) is 0 Å². The number of likely N-dealkylation sites (tertiary alicyclic amines) is 2. The zero-order chi connectivity index (χ0) is 20.9. The Morgan fingerprint density at radius 3 is 2.50 bits per heavy atom. The topological polar surface area (TPSA) is 66.4 Å². The van der Waals surface area contributed by atoms with Crippen molar-refractivity contribution >= 4 is 23.2 Å². The molecule has 0 bridgehead atoms. The molecule has 158 valence electrons. The van der Waals surface area contributed by atoms with E-state index in [0.29, 0.717) is 24.6 Å². The Kier molecular flexibility index (Phi) is 4.88. The average molecular weight is 425 g/mol. The van der Waals surface area contributed by atoms with E-state index in [1.54, 1.807) is 17.5 Å². The highest BCUT2D eigenvalue weighted by atomic mass is 32.1. The van der Waals surface area contributed by atoms with E-state index in [9.17, 15) is 9.59 Å². The van der Waals surface area contributed by atoms with Gasteiger partial charge in [0.25, 0.3) is 5.91 Å². The molecule has 3 fully saturated rings. The van der Waals surface area contributed by atoms with Crippen molar-refractivity contribution in [2.45, 2.75) is 64.5 Å². The maximum absolute atomic E-state index is 13.4. The van der Waals surface area contributed by atoms with Gasteiger partial charge in [0.1, 0.15) is 0 Å². The Morgan fingerprint density at radius 1 is 1.13 bits per heavy atom. The first-order valence-electron chi connectivity index (χ1n) is 11.0. The summed E-state index contributed by atoms with van der Waals surface area (Å²) in [6, 6.07) is 4.04. The quantitative estimate of drug-likeness (QED) is 0.701. The summed E-state index contributed by atoms with van der Waals surface area (Å²) >= 11 is 1.69. The first-order chi connectivity index (χ1) is 14.5. The average Bonchev–Trinajstić information content (AvgIpc) is 3.42. The van der Waals surface area contributed by atoms with Crippen LogP contribution >= 0.6 is 11.3 Å². The van der Waals surface area contributed by atoms with Crippen LogP contribution in [0.1, 0.15) is 71.2 Å². The van der Waals surface area contributed by atoms with Crippen molar-refractivity contribution in [1.82, 2.24) is 19.8 Å². The van der Waals surface area contributed by atoms with Crippen LogP contribution in [0.25, 0.3) is 0 Å². The van der Waals surface area contributed by atoms with Gasteiger partial charge in [-0.1, -0.05) is 12.8 Å². The minimum absolute atomic E-state index is 0.0519. The summed E-state index contributed by atoms with van der Waals surface area (Å²) in [5.74, 6) is 0.391. The summed E-state index contributed by atoms with van der Waals surface area (Å²) in [7, 11) is 0. The number of aryl methyl sites for hydroxylation is 2. The fraction of sp³-hybridized carbons (Fsp3) is 0.565. The molecule has 0 radical (unpaired) electrons. The van der Waals surface area contributed by atoms with E-state index < -0.39 is 0 Å². The molecule has 1 unspecified atom stereocenters. The van der Waals surface area contributed by atoms with Gasteiger partial charge in [0.05, 0.1) is 33.1 Å². The molecule has 2 aromatic rings. The smallest absolute Gasteiger partial charge is 0.255 e. The van der Waals surface area contributed by atoms with Crippen molar-refractivity contribution in [2.24, 2.45) is 5.41 Å². The van der Waals surface area contributed by atoms with Crippen LogP contribution in [-0.2, 0) is 4.79 Å². The van der Waals surface area contributed by atoms with Gasteiger partial charge in [0.15, 0.2) is 0 Å². The predicted molar refractivity (Wildman–Crippen MR) is 115 cm³/mol. The van der Waals surface area contributed by atoms with Gasteiger partial charge in [-0.25, -0.2) is 4.98 Å². The number of β-lactam (4-membered cyclic amide) rings is 1. The zero-order valence-corrected chi connectivity index (χ0v) is 18.5. The minimum atomic E-state index is -0.197. The number of piperidine rings is 1. The zero-order valence-electron chi connectivity index (χ0n) is 17.6. The number of carbonyl (C=O) groups is 2. The molecule has 1 saturated carbocycles. The molecule has 30 heavy (non-hydrogen) atoms. The summed E-state index contributed by atoms with van der Waals surface area (Å²) in [5, 5.41) is 0. The molecular weight excluding hydrogens is 396 g/mol. The van der Waals surface area contributed by atoms with Gasteiger partial charge in [0.2, 0.25) is 5.91 Å². The monoisotopic (exact) mass is 424 g/mol. The van der Waals surface area contributed by atoms with Crippen LogP contribution < -0.4 is 0 Å². The molecule has 1 aliphatic carbocycles. The van der Waals surface area contributed by atoms with E-state index >= 15 is 0 Å². The first kappa shape index (κ1) is 19.7. The number of pyridine rings is 1. The maximum Gasteiger partial charge on any atom is 0.255 e. The number of aromatic nitrogens is 2. The summed E-state index contributed by atoms with van der Waals surface area (Å²) < 4.78 is 0. The third-order valence-electron chi connectivity index (χ3n) is 7.37. The van der Waals surface area contributed by atoms with E-state index in [1.165, 1.54) is 4.88 Å². The van der Waals surface area contributed by atoms with Gasteiger partial charge in [-0.05, 0) is 51.7 Å². The van der Waals surface area contributed by atoms with Crippen molar-refractivity contribution in [3.05, 3.63) is 45.7 Å². The third-order valence-corrected chi connectivity index (χ3v) is 8.35. The molecule has 2 aromatic heterocycles. The molecule has 2 amide bonds. The number of nitrogens with zero attached hydrogens (tertiary/aromatic N) is 4. The Bertz CT molecular complexity index is 973. The first-order valence-corrected chi connectivity index (χ1v) is 11.8. The molecule has 2 aliphatic heterocycles. The molecule has 5 rings (SSSR count). The lowest BCUT2D eigenvalue weighted by atomic mass is 9.67. The number of thiazole rings is 1. The number of hydrogen-bond donors (Lipinski definition) is 0. The summed E-state index contributed by atoms with van der Waals surface area (Å²) in [4.78, 5) is 40.4. The van der Waals surface area contributed by atoms with Crippen LogP contribution in [0.4, 0.5) is 0 Å². The van der Waals surface area contributed by atoms with Crippen molar-refractivity contribution in [1.29, 1.82) is 0 Å². The molecule has 2 saturated heterocycles. The number of carbonyl (C=O) groups excluding carboxylic acids is 2. The number of hydrogen-bond acceptors (Lipinski definition) is 5. The van der Waals surface area contributed by atoms with E-state index in [1.807, 2.05) is 29.5 Å². The van der Waals surface area contributed by atoms with E-state index in [4.69, 9.17) is 0 Å². The van der Waals surface area contributed by atoms with E-state index in [0.717, 1.165) is 49.9 Å². The minimum Gasteiger partial charge on any atom is -0.338 e. The standard InChI is InChI=1S/C23H28N4O2S/c1-15-18(6-5-11-24-15)21(28)26-12-7-17(8-13-26)27-20(19-16(2)25-14-30-19)23(22(27)29)9-3-4-10-23/h5-6,11,14,17,20H,3-4,7-10,12-13H2,1-2H3. The van der Waals surface area contributed by atoms with Crippen LogP contribution in [0.3, 0.4) is 0 Å². The fourth-order valence-corrected chi connectivity index (χ4v) is 6.76. The van der Waals surface area contributed by atoms with Gasteiger partial charge < -0.3 is 9.80 Å². The van der Waals surface area contributed by atoms with Crippen molar-refractivity contribution in [2.75, 3.05) is 13.1 Å². The highest BCUT2D eigenvalue weighted by Crippen LogP contribution is 2.61. The van der Waals surface area contributed by atoms with Gasteiger partial charge in [-0.3, -0.25) is 14.6 Å². The Morgan fingerprint density at radius 2 is 1.87 bits per heavy atom. The summed E-state index contributed by atoms with van der Waals surface area (Å²) in [6.45, 7) is 5.31. The van der Waals surface area contributed by atoms with Gasteiger partial charge in [-0.15, -0.1) is 11.3 Å². The Labute approximate surface area is 181 Å². The van der Waals surface area contributed by atoms with Crippen molar-refractivity contribution in [3.63, 3.8) is 0 Å². The second kappa shape index (κ2) is 7.45. The molecule has 1 atom stereocenters. The Hall–Kier alpha value is -2.28. The predicted octanol–water partition coefficient (Wildman–Crippen LogP) is 3.90. The molecule has 3 aliphatic rings. The van der Waals surface area contributed by atoms with Gasteiger partial charge in [0, 0.05) is 31.0 Å². The SMILES string of the molecule is Cc1ncccc1C(=O)N1CCC(N2C(=O)C3(CCCC3)C2c2scnc2C)CC1. The largest absolute Gasteiger partial charge is 0.338 e. The lowest BCUT2D eigenvalue weighted by Gasteiger charge is -2.58. The lowest BCUT2D eigenvalue weighted by molar-refractivity contribution is -0.180. The van der Waals surface area contributed by atoms with Crippen LogP contribution in [0.5, 0.6) is 0 Å². The van der Waals surface area contributed by atoms with Gasteiger partial charge in [-0.2, -0.15) is 0 Å². The maximum atomic E-state index is 13.4. The summed E-state index contributed by atoms with van der Waals surface area (Å²) in [5.41, 5.74) is 4.22. The molecule has 0 aromatic carbocycles. The molecule has 4 heterocycles. The Balaban J connectivity index is 1.33. The fourth-order valence-electron chi connectivity index (χ4n) is 5.74. The van der Waals surface area contributed by atoms with Crippen LogP contribution in [0.2, 0.25) is 0 Å². The normalized spacial score (nSPS) is 23.8. The lowest BCUT2D eigenvalue weighted by Crippen LogP contribution is -2.66. The van der Waals surface area contributed by atoms with Crippen molar-refractivity contribution < 1.29 is 9.59 Å². The van der Waals surface area contributed by atoms with E-state index in [-0.39, 0.29) is 23.4 Å². The third kappa shape index (κ3) is 2.89. The second-order valence-corrected chi connectivity index (χ2v) is 9.83. The molecular formula is C23H28N4O2S. The second-order valence-electron chi connectivity index (χ2n) is 8.94. The molecule has 0 N–H and O–H groups in total. The molecule has 7 heteroatoms. The number of rotatable bonds is 3. The van der Waals surface area contributed by atoms with Crippen LogP contribution in [0.15, 0.2) is 23.8 Å². The van der Waals surface area contributed by atoms with Crippen LogP contribution in [0, 0.1) is 19.3 Å². The van der Waals surface area contributed by atoms with Crippen LogP contribution in [-0.4, -0.2) is 50.7 Å². The highest BCUT2D eigenvalue weighted by Gasteiger charge is 2.64. The number of amides is 2. The van der Waals surface area contributed by atoms with Gasteiger partial charge >= 0.3 is 0 Å². The summed E-state index contributed by atoms with van der Waals surface area (Å²) in [6.07, 6.45) is 7.68.